The summed E-state index contributed by atoms with van der Waals surface area (Å²) in [5.74, 6) is -1.80. The Morgan fingerprint density at radius 2 is 1.80 bits per heavy atom. The van der Waals surface area contributed by atoms with Gasteiger partial charge in [0, 0.05) is 60.9 Å². The number of anilines is 2. The van der Waals surface area contributed by atoms with E-state index in [9.17, 15) is 26.8 Å². The van der Waals surface area contributed by atoms with Gasteiger partial charge in [0.05, 0.1) is 12.6 Å². The molecule has 2 aromatic carbocycles. The lowest BCUT2D eigenvalue weighted by atomic mass is 9.79. The molecule has 4 heterocycles. The standard InChI is InChI=1S/C31H28F2N6O5S/c1-19(40)3-8-28(41)39-16-31(17-39)9-10-38(15-31)29-23-11-20(4-6-25(23)35-18-36-29)21-12-26(30(44-2)34-14-21)37-45(42,43)27-7-5-22(32)13-24(27)33/h3-8,11-14,18,37H,9-10,15-17H2,1-2H3/b8-3+. The smallest absolute Gasteiger partial charge is 0.264 e. The van der Waals surface area contributed by atoms with Crippen molar-refractivity contribution in [3.63, 3.8) is 0 Å². The minimum absolute atomic E-state index is 0.0351. The summed E-state index contributed by atoms with van der Waals surface area (Å²) in [5, 5.41) is 0.773. The molecule has 2 fully saturated rings. The average Bonchev–Trinajstić information content (AvgIpc) is 3.44. The van der Waals surface area contributed by atoms with E-state index in [-0.39, 0.29) is 28.7 Å². The average molecular weight is 635 g/mol. The van der Waals surface area contributed by atoms with Crippen molar-refractivity contribution in [2.45, 2.75) is 18.2 Å². The van der Waals surface area contributed by atoms with Crippen molar-refractivity contribution in [3.8, 4) is 17.0 Å². The molecule has 0 unspecified atom stereocenters. The number of carbonyl (C=O) groups is 2. The SMILES string of the molecule is COc1ncc(-c2ccc3ncnc(N4CCC5(CN(C(=O)/C=C/C(C)=O)C5)C4)c3c2)cc1NS(=O)(=O)c1ccc(F)cc1F. The molecule has 2 aliphatic rings. The zero-order chi connectivity index (χ0) is 31.9. The number of fused-ring (bicyclic) bond motifs is 1. The summed E-state index contributed by atoms with van der Waals surface area (Å²) in [6, 6.07) is 9.24. The maximum atomic E-state index is 14.3. The number of amides is 1. The quantitative estimate of drug-likeness (QED) is 0.286. The van der Waals surface area contributed by atoms with E-state index >= 15 is 0 Å². The minimum atomic E-state index is -4.45. The van der Waals surface area contributed by atoms with E-state index in [4.69, 9.17) is 4.74 Å². The summed E-state index contributed by atoms with van der Waals surface area (Å²) < 4.78 is 61.3. The van der Waals surface area contributed by atoms with Crippen LogP contribution < -0.4 is 14.4 Å². The molecule has 232 valence electrons. The van der Waals surface area contributed by atoms with Crippen molar-refractivity contribution in [1.82, 2.24) is 19.9 Å². The Kier molecular flexibility index (Phi) is 7.69. The third kappa shape index (κ3) is 5.92. The Morgan fingerprint density at radius 3 is 2.53 bits per heavy atom. The Morgan fingerprint density at radius 1 is 1.00 bits per heavy atom. The van der Waals surface area contributed by atoms with E-state index in [2.05, 4.69) is 24.6 Å². The highest BCUT2D eigenvalue weighted by Crippen LogP contribution is 2.42. The van der Waals surface area contributed by atoms with Gasteiger partial charge in [0.15, 0.2) is 5.78 Å². The molecule has 0 aliphatic carbocycles. The fraction of sp³-hybridized carbons (Fsp3) is 0.258. The lowest BCUT2D eigenvalue weighted by molar-refractivity contribution is -0.136. The highest BCUT2D eigenvalue weighted by molar-refractivity contribution is 7.92. The summed E-state index contributed by atoms with van der Waals surface area (Å²) in [6.45, 7) is 4.02. The van der Waals surface area contributed by atoms with Crippen LogP contribution in [0.2, 0.25) is 0 Å². The second-order valence-corrected chi connectivity index (χ2v) is 12.9. The summed E-state index contributed by atoms with van der Waals surface area (Å²) in [7, 11) is -3.13. The summed E-state index contributed by atoms with van der Waals surface area (Å²) in [4.78, 5) is 40.0. The van der Waals surface area contributed by atoms with Crippen LogP contribution in [0.5, 0.6) is 5.88 Å². The number of benzene rings is 2. The van der Waals surface area contributed by atoms with Gasteiger partial charge in [-0.2, -0.15) is 0 Å². The number of pyridine rings is 1. The first-order valence-corrected chi connectivity index (χ1v) is 15.4. The number of likely N-dealkylation sites (tertiary alicyclic amines) is 1. The van der Waals surface area contributed by atoms with Crippen LogP contribution >= 0.6 is 0 Å². The van der Waals surface area contributed by atoms with Crippen molar-refractivity contribution in [1.29, 1.82) is 0 Å². The first-order chi connectivity index (χ1) is 21.5. The highest BCUT2D eigenvalue weighted by atomic mass is 32.2. The van der Waals surface area contributed by atoms with Crippen LogP contribution in [-0.2, 0) is 19.6 Å². The highest BCUT2D eigenvalue weighted by Gasteiger charge is 2.49. The monoisotopic (exact) mass is 634 g/mol. The second-order valence-electron chi connectivity index (χ2n) is 11.2. The largest absolute Gasteiger partial charge is 0.480 e. The Hall–Kier alpha value is -4.98. The molecule has 0 bridgehead atoms. The topological polar surface area (TPSA) is 135 Å². The predicted molar refractivity (Wildman–Crippen MR) is 162 cm³/mol. The van der Waals surface area contributed by atoms with Gasteiger partial charge in [0.25, 0.3) is 10.0 Å². The number of halogens is 2. The van der Waals surface area contributed by atoms with E-state index < -0.39 is 26.6 Å². The Bertz CT molecular complexity index is 1980. The fourth-order valence-electron chi connectivity index (χ4n) is 5.80. The number of allylic oxidation sites excluding steroid dienone is 1. The number of rotatable bonds is 8. The van der Waals surface area contributed by atoms with Crippen molar-refractivity contribution in [2.75, 3.05) is 42.9 Å². The summed E-state index contributed by atoms with van der Waals surface area (Å²) in [6.07, 6.45) is 6.49. The van der Waals surface area contributed by atoms with Gasteiger partial charge in [0.1, 0.15) is 34.4 Å². The molecule has 45 heavy (non-hydrogen) atoms. The van der Waals surface area contributed by atoms with Gasteiger partial charge in [-0.25, -0.2) is 32.2 Å². The normalized spacial score (nSPS) is 15.9. The van der Waals surface area contributed by atoms with E-state index in [1.807, 2.05) is 18.2 Å². The van der Waals surface area contributed by atoms with Crippen molar-refractivity contribution in [2.24, 2.45) is 5.41 Å². The maximum Gasteiger partial charge on any atom is 0.264 e. The van der Waals surface area contributed by atoms with E-state index in [1.165, 1.54) is 44.8 Å². The summed E-state index contributed by atoms with van der Waals surface area (Å²) >= 11 is 0. The third-order valence-electron chi connectivity index (χ3n) is 7.98. The molecule has 2 aliphatic heterocycles. The van der Waals surface area contributed by atoms with Gasteiger partial charge in [-0.3, -0.25) is 14.3 Å². The molecule has 2 saturated heterocycles. The minimum Gasteiger partial charge on any atom is -0.480 e. The number of ketones is 1. The molecule has 4 aromatic rings. The molecule has 1 spiro atoms. The number of aromatic nitrogens is 3. The molecule has 1 amide bonds. The molecule has 0 saturated carbocycles. The van der Waals surface area contributed by atoms with Crippen molar-refractivity contribution >= 4 is 44.1 Å². The number of sulfonamides is 1. The molecular weight excluding hydrogens is 606 g/mol. The maximum absolute atomic E-state index is 14.3. The number of methoxy groups -OCH3 is 1. The number of carbonyl (C=O) groups excluding carboxylic acids is 2. The molecule has 14 heteroatoms. The molecule has 1 N–H and O–H groups in total. The van der Waals surface area contributed by atoms with Crippen molar-refractivity contribution < 1.29 is 31.5 Å². The van der Waals surface area contributed by atoms with Gasteiger partial charge in [-0.05, 0) is 55.3 Å². The lowest BCUT2D eigenvalue weighted by Crippen LogP contribution is -2.59. The van der Waals surface area contributed by atoms with Gasteiger partial charge < -0.3 is 14.5 Å². The third-order valence-corrected chi connectivity index (χ3v) is 9.38. The van der Waals surface area contributed by atoms with E-state index in [0.717, 1.165) is 36.3 Å². The van der Waals surface area contributed by atoms with Crippen LogP contribution in [-0.4, -0.2) is 73.2 Å². The van der Waals surface area contributed by atoms with Crippen LogP contribution in [0.4, 0.5) is 20.3 Å². The van der Waals surface area contributed by atoms with Crippen molar-refractivity contribution in [3.05, 3.63) is 78.8 Å². The molecule has 6 rings (SSSR count). The van der Waals surface area contributed by atoms with Crippen LogP contribution in [0.25, 0.3) is 22.0 Å². The first-order valence-electron chi connectivity index (χ1n) is 14.0. The predicted octanol–water partition coefficient (Wildman–Crippen LogP) is 3.96. The van der Waals surface area contributed by atoms with E-state index in [0.29, 0.717) is 42.3 Å². The van der Waals surface area contributed by atoms with Crippen LogP contribution in [0.3, 0.4) is 0 Å². The second kappa shape index (κ2) is 11.5. The van der Waals surface area contributed by atoms with Gasteiger partial charge >= 0.3 is 0 Å². The van der Waals surface area contributed by atoms with Crippen LogP contribution in [0.1, 0.15) is 13.3 Å². The molecule has 0 atom stereocenters. The first kappa shape index (κ1) is 30.1. The number of hydrogen-bond donors (Lipinski definition) is 1. The van der Waals surface area contributed by atoms with Gasteiger partial charge in [-0.1, -0.05) is 6.07 Å². The van der Waals surface area contributed by atoms with E-state index in [1.54, 1.807) is 4.90 Å². The molecular formula is C31H28F2N6O5S. The van der Waals surface area contributed by atoms with Gasteiger partial charge in [-0.15, -0.1) is 0 Å². The fourth-order valence-corrected chi connectivity index (χ4v) is 6.91. The lowest BCUT2D eigenvalue weighted by Gasteiger charge is -2.47. The zero-order valence-corrected chi connectivity index (χ0v) is 25.1. The molecule has 2 aromatic heterocycles. The zero-order valence-electron chi connectivity index (χ0n) is 24.3. The number of nitrogens with one attached hydrogen (secondary N) is 1. The van der Waals surface area contributed by atoms with Crippen LogP contribution in [0.15, 0.2) is 72.0 Å². The number of nitrogens with zero attached hydrogens (tertiary/aromatic N) is 5. The molecule has 0 radical (unpaired) electrons. The number of hydrogen-bond acceptors (Lipinski definition) is 9. The van der Waals surface area contributed by atoms with Gasteiger partial charge in [0.2, 0.25) is 11.8 Å². The van der Waals surface area contributed by atoms with Crippen LogP contribution in [0, 0.1) is 17.0 Å². The Labute approximate surface area is 257 Å². The Balaban J connectivity index is 1.26. The summed E-state index contributed by atoms with van der Waals surface area (Å²) in [5.41, 5.74) is 1.83. The molecule has 11 nitrogen and oxygen atoms in total. The number of ether oxygens (including phenoxy) is 1.